The molecule has 0 saturated carbocycles. The van der Waals surface area contributed by atoms with E-state index in [1.165, 1.54) is 6.07 Å². The standard InChI is InChI=1S/C11H13F2O2/c1-2-3-8-4-9(7-14)6-10(5-8)15-11(12)13/h4-7,11,14H,2-3H2,1H3. The van der Waals surface area contributed by atoms with Crippen molar-refractivity contribution < 1.29 is 18.6 Å². The van der Waals surface area contributed by atoms with Gasteiger partial charge in [0, 0.05) is 0 Å². The van der Waals surface area contributed by atoms with Gasteiger partial charge in [-0.25, -0.2) is 0 Å². The summed E-state index contributed by atoms with van der Waals surface area (Å²) in [5.74, 6) is 0.0799. The van der Waals surface area contributed by atoms with Crippen LogP contribution in [0, 0.1) is 6.61 Å². The Morgan fingerprint density at radius 2 is 2.13 bits per heavy atom. The van der Waals surface area contributed by atoms with Crippen molar-refractivity contribution >= 4 is 0 Å². The van der Waals surface area contributed by atoms with Crippen LogP contribution in [0.5, 0.6) is 5.75 Å². The van der Waals surface area contributed by atoms with Crippen LogP contribution < -0.4 is 4.74 Å². The Bertz CT molecular complexity index is 313. The monoisotopic (exact) mass is 215 g/mol. The van der Waals surface area contributed by atoms with E-state index in [0.29, 0.717) is 5.56 Å². The van der Waals surface area contributed by atoms with Gasteiger partial charge in [0.05, 0.1) is 0 Å². The highest BCUT2D eigenvalue weighted by Gasteiger charge is 2.07. The van der Waals surface area contributed by atoms with Gasteiger partial charge in [0.15, 0.2) is 0 Å². The molecule has 0 aliphatic carbocycles. The Morgan fingerprint density at radius 3 is 2.67 bits per heavy atom. The van der Waals surface area contributed by atoms with Crippen molar-refractivity contribution in [2.24, 2.45) is 0 Å². The number of hydrogen-bond donors (Lipinski definition) is 1. The quantitative estimate of drug-likeness (QED) is 0.817. The van der Waals surface area contributed by atoms with Crippen LogP contribution in [0.25, 0.3) is 0 Å². The van der Waals surface area contributed by atoms with E-state index in [9.17, 15) is 8.78 Å². The summed E-state index contributed by atoms with van der Waals surface area (Å²) in [7, 11) is 0. The van der Waals surface area contributed by atoms with Crippen LogP contribution in [0.3, 0.4) is 0 Å². The van der Waals surface area contributed by atoms with E-state index in [-0.39, 0.29) is 5.75 Å². The van der Waals surface area contributed by atoms with E-state index < -0.39 is 6.61 Å². The normalized spacial score (nSPS) is 10.7. The molecule has 1 aromatic carbocycles. The zero-order valence-electron chi connectivity index (χ0n) is 8.41. The number of halogens is 2. The molecule has 0 unspecified atom stereocenters. The van der Waals surface area contributed by atoms with Crippen LogP contribution in [0.2, 0.25) is 0 Å². The summed E-state index contributed by atoms with van der Waals surface area (Å²) >= 11 is 0. The van der Waals surface area contributed by atoms with Crippen molar-refractivity contribution in [3.05, 3.63) is 35.9 Å². The molecule has 0 atom stereocenters. The van der Waals surface area contributed by atoms with Crippen LogP contribution in [0.1, 0.15) is 24.5 Å². The maximum Gasteiger partial charge on any atom is 0.387 e. The van der Waals surface area contributed by atoms with Crippen molar-refractivity contribution in [3.63, 3.8) is 0 Å². The molecule has 0 aromatic heterocycles. The third-order valence-electron chi connectivity index (χ3n) is 1.90. The summed E-state index contributed by atoms with van der Waals surface area (Å²) in [5.41, 5.74) is 1.34. The minimum atomic E-state index is -2.84. The van der Waals surface area contributed by atoms with Gasteiger partial charge in [0.2, 0.25) is 0 Å². The molecule has 83 valence electrons. The molecule has 0 fully saturated rings. The Morgan fingerprint density at radius 1 is 1.40 bits per heavy atom. The number of benzene rings is 1. The number of aliphatic hydroxyl groups is 1. The summed E-state index contributed by atoms with van der Waals surface area (Å²) in [6.45, 7) is 0.0221. The maximum absolute atomic E-state index is 12.0. The smallest absolute Gasteiger partial charge is 0.387 e. The molecule has 0 aliphatic rings. The Labute approximate surface area is 87.5 Å². The molecule has 2 nitrogen and oxygen atoms in total. The lowest BCUT2D eigenvalue weighted by Crippen LogP contribution is -2.03. The minimum absolute atomic E-state index is 0.0799. The van der Waals surface area contributed by atoms with Gasteiger partial charge in [0.25, 0.3) is 0 Å². The minimum Gasteiger partial charge on any atom is -0.435 e. The van der Waals surface area contributed by atoms with Gasteiger partial charge < -0.3 is 9.84 Å². The molecule has 4 heteroatoms. The molecular formula is C11H13F2O2. The van der Waals surface area contributed by atoms with Gasteiger partial charge in [-0.1, -0.05) is 19.4 Å². The summed E-state index contributed by atoms with van der Waals surface area (Å²) < 4.78 is 28.2. The first-order valence-corrected chi connectivity index (χ1v) is 4.72. The van der Waals surface area contributed by atoms with Crippen LogP contribution in [-0.2, 0) is 6.42 Å². The Balaban J connectivity index is 2.89. The van der Waals surface area contributed by atoms with E-state index in [0.717, 1.165) is 25.0 Å². The molecule has 1 aromatic rings. The van der Waals surface area contributed by atoms with Gasteiger partial charge in [0.1, 0.15) is 12.4 Å². The molecule has 0 saturated heterocycles. The number of ether oxygens (including phenoxy) is 1. The lowest BCUT2D eigenvalue weighted by Gasteiger charge is -2.08. The van der Waals surface area contributed by atoms with Crippen molar-refractivity contribution in [2.45, 2.75) is 26.4 Å². The molecule has 0 aliphatic heterocycles. The first-order valence-electron chi connectivity index (χ1n) is 4.72. The second-order valence-electron chi connectivity index (χ2n) is 3.17. The number of alkyl halides is 2. The molecule has 1 rings (SSSR count). The maximum atomic E-state index is 12.0. The molecule has 0 amide bonds. The topological polar surface area (TPSA) is 29.5 Å². The van der Waals surface area contributed by atoms with Crippen molar-refractivity contribution in [3.8, 4) is 5.75 Å². The summed E-state index contributed by atoms with van der Waals surface area (Å²) in [4.78, 5) is 0. The van der Waals surface area contributed by atoms with Gasteiger partial charge in [-0.15, -0.1) is 0 Å². The zero-order valence-corrected chi connectivity index (χ0v) is 8.41. The largest absolute Gasteiger partial charge is 0.435 e. The zero-order chi connectivity index (χ0) is 11.3. The van der Waals surface area contributed by atoms with Crippen LogP contribution in [-0.4, -0.2) is 11.7 Å². The number of aryl methyl sites for hydroxylation is 1. The van der Waals surface area contributed by atoms with Gasteiger partial charge in [-0.05, 0) is 29.7 Å². The van der Waals surface area contributed by atoms with Crippen LogP contribution >= 0.6 is 0 Å². The van der Waals surface area contributed by atoms with Crippen LogP contribution in [0.4, 0.5) is 8.78 Å². The lowest BCUT2D eigenvalue weighted by molar-refractivity contribution is -0.0499. The van der Waals surface area contributed by atoms with E-state index >= 15 is 0 Å². The Kier molecular flexibility index (Phi) is 4.49. The summed E-state index contributed by atoms with van der Waals surface area (Å²) in [6.07, 6.45) is 1.67. The predicted octanol–water partition coefficient (Wildman–Crippen LogP) is 3.12. The molecule has 0 spiro atoms. The number of rotatable bonds is 5. The fourth-order valence-electron chi connectivity index (χ4n) is 1.36. The molecule has 15 heavy (non-hydrogen) atoms. The van der Waals surface area contributed by atoms with Crippen LogP contribution in [0.15, 0.2) is 18.2 Å². The first-order chi connectivity index (χ1) is 7.15. The average Bonchev–Trinajstić information content (AvgIpc) is 2.16. The van der Waals surface area contributed by atoms with Gasteiger partial charge in [-0.3, -0.25) is 0 Å². The second-order valence-corrected chi connectivity index (χ2v) is 3.17. The highest BCUT2D eigenvalue weighted by Crippen LogP contribution is 2.20. The molecule has 0 heterocycles. The van der Waals surface area contributed by atoms with Crippen molar-refractivity contribution in [2.75, 3.05) is 0 Å². The van der Waals surface area contributed by atoms with Crippen molar-refractivity contribution in [1.29, 1.82) is 0 Å². The first kappa shape index (κ1) is 11.9. The third kappa shape index (κ3) is 3.83. The second kappa shape index (κ2) is 5.66. The third-order valence-corrected chi connectivity index (χ3v) is 1.90. The van der Waals surface area contributed by atoms with E-state index in [2.05, 4.69) is 4.74 Å². The predicted molar refractivity (Wildman–Crippen MR) is 52.4 cm³/mol. The highest BCUT2D eigenvalue weighted by atomic mass is 19.3. The Hall–Kier alpha value is -1.16. The molecular weight excluding hydrogens is 202 g/mol. The SMILES string of the molecule is CCCc1cc([CH]O)cc(OC(F)F)c1. The molecule has 1 radical (unpaired) electrons. The van der Waals surface area contributed by atoms with E-state index in [4.69, 9.17) is 5.11 Å². The van der Waals surface area contributed by atoms with Gasteiger partial charge in [-0.2, -0.15) is 8.78 Å². The van der Waals surface area contributed by atoms with E-state index in [1.54, 1.807) is 12.1 Å². The lowest BCUT2D eigenvalue weighted by atomic mass is 10.1. The van der Waals surface area contributed by atoms with E-state index in [1.807, 2.05) is 6.92 Å². The fourth-order valence-corrected chi connectivity index (χ4v) is 1.36. The molecule has 1 N–H and O–H groups in total. The van der Waals surface area contributed by atoms with Crippen molar-refractivity contribution in [1.82, 2.24) is 0 Å². The highest BCUT2D eigenvalue weighted by molar-refractivity contribution is 5.36. The number of aliphatic hydroxyl groups excluding tert-OH is 1. The average molecular weight is 215 g/mol. The number of hydrogen-bond acceptors (Lipinski definition) is 2. The summed E-state index contributed by atoms with van der Waals surface area (Å²) in [6, 6.07) is 4.66. The summed E-state index contributed by atoms with van der Waals surface area (Å²) in [5, 5.41) is 8.82. The van der Waals surface area contributed by atoms with Gasteiger partial charge >= 0.3 is 6.61 Å². The molecule has 0 bridgehead atoms. The fraction of sp³-hybridized carbons (Fsp3) is 0.364.